The van der Waals surface area contributed by atoms with E-state index in [0.717, 1.165) is 29.6 Å². The molecule has 1 aliphatic rings. The van der Waals surface area contributed by atoms with E-state index in [1.165, 1.54) is 0 Å². The van der Waals surface area contributed by atoms with Crippen LogP contribution in [0.2, 0.25) is 0 Å². The molecule has 1 aromatic heterocycles. The molecule has 4 nitrogen and oxygen atoms in total. The van der Waals surface area contributed by atoms with Gasteiger partial charge in [0.05, 0.1) is 6.54 Å². The summed E-state index contributed by atoms with van der Waals surface area (Å²) < 4.78 is 5.59. The first-order valence-corrected chi connectivity index (χ1v) is 8.37. The van der Waals surface area contributed by atoms with E-state index >= 15 is 0 Å². The average Bonchev–Trinajstić information content (AvgIpc) is 2.82. The molecule has 0 aromatic carbocycles. The molecule has 1 unspecified atom stereocenters. The lowest BCUT2D eigenvalue weighted by atomic mass is 10.1. The monoisotopic (exact) mass is 296 g/mol. The molecule has 0 bridgehead atoms. The van der Waals surface area contributed by atoms with Gasteiger partial charge in [0.25, 0.3) is 0 Å². The molecule has 0 spiro atoms. The lowest BCUT2D eigenvalue weighted by Gasteiger charge is -2.29. The second-order valence-corrected chi connectivity index (χ2v) is 6.71. The second kappa shape index (κ2) is 7.18. The van der Waals surface area contributed by atoms with Crippen molar-refractivity contribution >= 4 is 17.7 Å². The largest absolute Gasteiger partial charge is 0.464 e. The Morgan fingerprint density at radius 2 is 2.35 bits per heavy atom. The minimum atomic E-state index is 0.184. The van der Waals surface area contributed by atoms with E-state index < -0.39 is 0 Å². The van der Waals surface area contributed by atoms with E-state index in [9.17, 15) is 4.79 Å². The Labute approximate surface area is 125 Å². The average molecular weight is 296 g/mol. The molecule has 20 heavy (non-hydrogen) atoms. The first kappa shape index (κ1) is 15.4. The number of hydrogen-bond donors (Lipinski definition) is 1. The Balaban J connectivity index is 1.94. The van der Waals surface area contributed by atoms with Crippen LogP contribution < -0.4 is 5.32 Å². The van der Waals surface area contributed by atoms with Crippen LogP contribution in [0, 0.1) is 6.92 Å². The Hall–Kier alpha value is -0.940. The number of nitrogens with one attached hydrogen (secondary N) is 1. The van der Waals surface area contributed by atoms with Crippen LogP contribution in [-0.4, -0.2) is 40.9 Å². The van der Waals surface area contributed by atoms with Gasteiger partial charge < -0.3 is 14.6 Å². The summed E-state index contributed by atoms with van der Waals surface area (Å²) in [6.07, 6.45) is 0.574. The van der Waals surface area contributed by atoms with Crippen molar-refractivity contribution in [2.45, 2.75) is 45.8 Å². The predicted molar refractivity (Wildman–Crippen MR) is 82.9 cm³/mol. The summed E-state index contributed by atoms with van der Waals surface area (Å²) in [5.41, 5.74) is 0. The van der Waals surface area contributed by atoms with E-state index in [2.05, 4.69) is 19.2 Å². The zero-order valence-electron chi connectivity index (χ0n) is 12.5. The van der Waals surface area contributed by atoms with Crippen LogP contribution in [0.4, 0.5) is 0 Å². The number of carbonyl (C=O) groups excluding carboxylic acids is 1. The summed E-state index contributed by atoms with van der Waals surface area (Å²) in [5, 5.41) is 3.42. The van der Waals surface area contributed by atoms with Crippen molar-refractivity contribution in [3.8, 4) is 0 Å². The standard InChI is InChI=1S/C15H24N2O2S/c1-11(2)17(9-14-5-4-12(3)19-14)15(18)8-13-10-20-7-6-16-13/h4-5,11,13,16H,6-10H2,1-3H3. The van der Waals surface area contributed by atoms with Crippen LogP contribution in [0.5, 0.6) is 0 Å². The summed E-state index contributed by atoms with van der Waals surface area (Å²) in [7, 11) is 0. The van der Waals surface area contributed by atoms with Crippen LogP contribution in [0.3, 0.4) is 0 Å². The smallest absolute Gasteiger partial charge is 0.224 e. The first-order valence-electron chi connectivity index (χ1n) is 7.22. The molecule has 1 aromatic rings. The summed E-state index contributed by atoms with van der Waals surface area (Å²) >= 11 is 1.92. The number of aryl methyl sites for hydroxylation is 1. The van der Waals surface area contributed by atoms with Gasteiger partial charge in [0.1, 0.15) is 11.5 Å². The van der Waals surface area contributed by atoms with Crippen LogP contribution in [0.15, 0.2) is 16.5 Å². The minimum Gasteiger partial charge on any atom is -0.464 e. The molecule has 1 atom stereocenters. The van der Waals surface area contributed by atoms with Crippen LogP contribution >= 0.6 is 11.8 Å². The molecule has 1 saturated heterocycles. The molecule has 1 fully saturated rings. The van der Waals surface area contributed by atoms with Crippen LogP contribution in [0.25, 0.3) is 0 Å². The highest BCUT2D eigenvalue weighted by Crippen LogP contribution is 2.16. The molecule has 1 aliphatic heterocycles. The maximum Gasteiger partial charge on any atom is 0.224 e. The van der Waals surface area contributed by atoms with E-state index in [1.807, 2.05) is 35.7 Å². The Kier molecular flexibility index (Phi) is 5.54. The maximum atomic E-state index is 12.5. The summed E-state index contributed by atoms with van der Waals surface area (Å²) in [4.78, 5) is 14.4. The SMILES string of the molecule is Cc1ccc(CN(C(=O)CC2CSCCN2)C(C)C)o1. The van der Waals surface area contributed by atoms with Crippen molar-refractivity contribution in [3.05, 3.63) is 23.7 Å². The zero-order valence-corrected chi connectivity index (χ0v) is 13.3. The van der Waals surface area contributed by atoms with Gasteiger partial charge in [0.15, 0.2) is 0 Å². The Bertz CT molecular complexity index is 439. The first-order chi connectivity index (χ1) is 9.56. The van der Waals surface area contributed by atoms with Gasteiger partial charge in [-0.1, -0.05) is 0 Å². The third kappa shape index (κ3) is 4.28. The molecule has 0 radical (unpaired) electrons. The second-order valence-electron chi connectivity index (χ2n) is 5.56. The molecule has 1 N–H and O–H groups in total. The number of hydrogen-bond acceptors (Lipinski definition) is 4. The van der Waals surface area contributed by atoms with Gasteiger partial charge in [-0.2, -0.15) is 11.8 Å². The Morgan fingerprint density at radius 3 is 2.90 bits per heavy atom. The van der Waals surface area contributed by atoms with Crippen molar-refractivity contribution in [3.63, 3.8) is 0 Å². The third-order valence-electron chi connectivity index (χ3n) is 3.49. The highest BCUT2D eigenvalue weighted by atomic mass is 32.2. The number of furan rings is 1. The molecule has 2 rings (SSSR count). The van der Waals surface area contributed by atoms with Crippen molar-refractivity contribution in [1.82, 2.24) is 10.2 Å². The molecular formula is C15H24N2O2S. The molecule has 1 amide bonds. The highest BCUT2D eigenvalue weighted by Gasteiger charge is 2.23. The number of rotatable bonds is 5. The fourth-order valence-corrected chi connectivity index (χ4v) is 3.32. The maximum absolute atomic E-state index is 12.5. The third-order valence-corrected chi connectivity index (χ3v) is 4.62. The summed E-state index contributed by atoms with van der Waals surface area (Å²) in [6.45, 7) is 7.59. The molecule has 5 heteroatoms. The van der Waals surface area contributed by atoms with Crippen molar-refractivity contribution in [1.29, 1.82) is 0 Å². The zero-order chi connectivity index (χ0) is 14.5. The normalized spacial score (nSPS) is 19.3. The van der Waals surface area contributed by atoms with Gasteiger partial charge >= 0.3 is 0 Å². The van der Waals surface area contributed by atoms with Crippen molar-refractivity contribution < 1.29 is 9.21 Å². The molecular weight excluding hydrogens is 272 g/mol. The fourth-order valence-electron chi connectivity index (χ4n) is 2.38. The summed E-state index contributed by atoms with van der Waals surface area (Å²) in [5.74, 6) is 4.12. The van der Waals surface area contributed by atoms with Gasteiger partial charge in [-0.25, -0.2) is 0 Å². The minimum absolute atomic E-state index is 0.184. The van der Waals surface area contributed by atoms with Gasteiger partial charge in [0, 0.05) is 36.6 Å². The number of amides is 1. The van der Waals surface area contributed by atoms with E-state index in [1.54, 1.807) is 0 Å². The number of thioether (sulfide) groups is 1. The van der Waals surface area contributed by atoms with Crippen molar-refractivity contribution in [2.24, 2.45) is 0 Å². The van der Waals surface area contributed by atoms with E-state index in [4.69, 9.17) is 4.42 Å². The quantitative estimate of drug-likeness (QED) is 0.906. The molecule has 0 saturated carbocycles. The van der Waals surface area contributed by atoms with Crippen LogP contribution in [0.1, 0.15) is 31.8 Å². The van der Waals surface area contributed by atoms with Gasteiger partial charge in [-0.15, -0.1) is 0 Å². The fraction of sp³-hybridized carbons (Fsp3) is 0.667. The molecule has 112 valence electrons. The van der Waals surface area contributed by atoms with Gasteiger partial charge in [-0.05, 0) is 32.9 Å². The van der Waals surface area contributed by atoms with E-state index in [-0.39, 0.29) is 11.9 Å². The summed E-state index contributed by atoms with van der Waals surface area (Å²) in [6, 6.07) is 4.38. The number of carbonyl (C=O) groups is 1. The topological polar surface area (TPSA) is 45.5 Å². The van der Waals surface area contributed by atoms with E-state index in [0.29, 0.717) is 19.0 Å². The number of nitrogens with zero attached hydrogens (tertiary/aromatic N) is 1. The van der Waals surface area contributed by atoms with Gasteiger partial charge in [-0.3, -0.25) is 4.79 Å². The highest BCUT2D eigenvalue weighted by molar-refractivity contribution is 7.99. The Morgan fingerprint density at radius 1 is 1.55 bits per heavy atom. The lowest BCUT2D eigenvalue weighted by Crippen LogP contribution is -2.44. The lowest BCUT2D eigenvalue weighted by molar-refractivity contribution is -0.134. The van der Waals surface area contributed by atoms with Crippen molar-refractivity contribution in [2.75, 3.05) is 18.1 Å². The van der Waals surface area contributed by atoms with Gasteiger partial charge in [0.2, 0.25) is 5.91 Å². The predicted octanol–water partition coefficient (Wildman–Crippen LogP) is 2.42. The molecule has 2 heterocycles. The molecule has 0 aliphatic carbocycles. The van der Waals surface area contributed by atoms with Crippen LogP contribution in [-0.2, 0) is 11.3 Å².